The lowest BCUT2D eigenvalue weighted by atomic mass is 10.1. The Hall–Kier alpha value is -0.930. The topological polar surface area (TPSA) is 38.7 Å². The predicted molar refractivity (Wildman–Crippen MR) is 59.9 cm³/mol. The van der Waals surface area contributed by atoms with Gasteiger partial charge in [-0.15, -0.1) is 0 Å². The van der Waals surface area contributed by atoms with Crippen LogP contribution in [-0.4, -0.2) is 25.4 Å². The van der Waals surface area contributed by atoms with Crippen LogP contribution in [0.1, 0.15) is 12.5 Å². The number of halogens is 1. The molecule has 0 bridgehead atoms. The average molecular weight is 231 g/mol. The zero-order valence-corrected chi connectivity index (χ0v) is 9.84. The lowest BCUT2D eigenvalue weighted by Crippen LogP contribution is -2.07. The van der Waals surface area contributed by atoms with Gasteiger partial charge in [0.1, 0.15) is 0 Å². The Bertz CT molecular complexity index is 337. The third-order valence-corrected chi connectivity index (χ3v) is 2.44. The van der Waals surface area contributed by atoms with E-state index in [-0.39, 0.29) is 0 Å². The van der Waals surface area contributed by atoms with Crippen molar-refractivity contribution in [1.29, 1.82) is 0 Å². The monoisotopic (exact) mass is 230 g/mol. The van der Waals surface area contributed by atoms with Gasteiger partial charge in [0.2, 0.25) is 0 Å². The van der Waals surface area contributed by atoms with E-state index in [1.54, 1.807) is 33.3 Å². The van der Waals surface area contributed by atoms with Crippen LogP contribution in [0.5, 0.6) is 11.5 Å². The van der Waals surface area contributed by atoms with Gasteiger partial charge < -0.3 is 14.6 Å². The molecule has 1 aromatic rings. The molecule has 0 aliphatic heterocycles. The maximum absolute atomic E-state index is 9.36. The van der Waals surface area contributed by atoms with E-state index in [0.29, 0.717) is 22.9 Å². The highest BCUT2D eigenvalue weighted by Gasteiger charge is 2.15. The highest BCUT2D eigenvalue weighted by atomic mass is 35.5. The summed E-state index contributed by atoms with van der Waals surface area (Å²) in [6.07, 6.45) is -0.0253. The molecular formula is C11H15ClO3. The summed E-state index contributed by atoms with van der Waals surface area (Å²) in [6.45, 7) is 1.70. The number of hydrogen-bond acceptors (Lipinski definition) is 3. The largest absolute Gasteiger partial charge is 0.493 e. The van der Waals surface area contributed by atoms with Gasteiger partial charge in [-0.25, -0.2) is 0 Å². The highest BCUT2D eigenvalue weighted by molar-refractivity contribution is 6.31. The second kappa shape index (κ2) is 5.24. The van der Waals surface area contributed by atoms with Crippen molar-refractivity contribution in [3.63, 3.8) is 0 Å². The summed E-state index contributed by atoms with van der Waals surface area (Å²) in [5.74, 6) is 1.21. The molecule has 0 aliphatic rings. The predicted octanol–water partition coefficient (Wildman–Crippen LogP) is 2.28. The van der Waals surface area contributed by atoms with Crippen molar-refractivity contribution in [2.24, 2.45) is 0 Å². The molecule has 1 unspecified atom stereocenters. The number of aliphatic hydroxyl groups excluding tert-OH is 1. The summed E-state index contributed by atoms with van der Waals surface area (Å²) < 4.78 is 10.4. The van der Waals surface area contributed by atoms with Crippen molar-refractivity contribution in [3.8, 4) is 11.5 Å². The third-order valence-electron chi connectivity index (χ3n) is 2.09. The highest BCUT2D eigenvalue weighted by Crippen LogP contribution is 2.36. The minimum atomic E-state index is -0.469. The molecule has 4 heteroatoms. The van der Waals surface area contributed by atoms with Crippen molar-refractivity contribution in [2.75, 3.05) is 14.2 Å². The van der Waals surface area contributed by atoms with Crippen molar-refractivity contribution >= 4 is 11.6 Å². The van der Waals surface area contributed by atoms with Crippen molar-refractivity contribution in [1.82, 2.24) is 0 Å². The van der Waals surface area contributed by atoms with E-state index in [2.05, 4.69) is 0 Å². The molecule has 0 radical (unpaired) electrons. The van der Waals surface area contributed by atoms with E-state index in [4.69, 9.17) is 21.1 Å². The third kappa shape index (κ3) is 2.76. The van der Waals surface area contributed by atoms with Crippen LogP contribution in [0.15, 0.2) is 12.1 Å². The van der Waals surface area contributed by atoms with Crippen LogP contribution >= 0.6 is 11.6 Å². The van der Waals surface area contributed by atoms with Crippen LogP contribution in [0.25, 0.3) is 0 Å². The molecule has 1 N–H and O–H groups in total. The molecule has 1 rings (SSSR count). The SMILES string of the molecule is COc1ccc(Cl)c(CC(C)O)c1OC. The number of hydrogen-bond donors (Lipinski definition) is 1. The molecule has 0 fully saturated rings. The van der Waals surface area contributed by atoms with Gasteiger partial charge in [-0.05, 0) is 19.1 Å². The first-order chi connectivity index (χ1) is 7.10. The Morgan fingerprint density at radius 1 is 1.33 bits per heavy atom. The van der Waals surface area contributed by atoms with Gasteiger partial charge in [0.05, 0.1) is 20.3 Å². The molecule has 3 nitrogen and oxygen atoms in total. The smallest absolute Gasteiger partial charge is 0.165 e. The van der Waals surface area contributed by atoms with Gasteiger partial charge in [0.25, 0.3) is 0 Å². The van der Waals surface area contributed by atoms with Gasteiger partial charge in [0, 0.05) is 17.0 Å². The van der Waals surface area contributed by atoms with E-state index < -0.39 is 6.10 Å². The van der Waals surface area contributed by atoms with Crippen LogP contribution in [0, 0.1) is 0 Å². The van der Waals surface area contributed by atoms with Crippen LogP contribution in [0.3, 0.4) is 0 Å². The number of ether oxygens (including phenoxy) is 2. The second-order valence-corrected chi connectivity index (χ2v) is 3.72. The molecular weight excluding hydrogens is 216 g/mol. The Morgan fingerprint density at radius 3 is 2.47 bits per heavy atom. The first-order valence-corrected chi connectivity index (χ1v) is 5.05. The molecule has 0 heterocycles. The molecule has 0 spiro atoms. The maximum atomic E-state index is 9.36. The molecule has 0 aliphatic carbocycles. The molecule has 1 atom stereocenters. The summed E-state index contributed by atoms with van der Waals surface area (Å²) in [7, 11) is 3.12. The van der Waals surface area contributed by atoms with Gasteiger partial charge in [-0.2, -0.15) is 0 Å². The van der Waals surface area contributed by atoms with E-state index >= 15 is 0 Å². The fraction of sp³-hybridized carbons (Fsp3) is 0.455. The fourth-order valence-corrected chi connectivity index (χ4v) is 1.68. The van der Waals surface area contributed by atoms with Gasteiger partial charge >= 0.3 is 0 Å². The molecule has 0 amide bonds. The molecule has 0 saturated carbocycles. The Balaban J connectivity index is 3.19. The normalized spacial score (nSPS) is 12.3. The van der Waals surface area contributed by atoms with Crippen LogP contribution in [0.2, 0.25) is 5.02 Å². The van der Waals surface area contributed by atoms with Crippen LogP contribution in [-0.2, 0) is 6.42 Å². The standard InChI is InChI=1S/C11H15ClO3/c1-7(13)6-8-9(12)4-5-10(14-2)11(8)15-3/h4-5,7,13H,6H2,1-3H3. The minimum Gasteiger partial charge on any atom is -0.493 e. The maximum Gasteiger partial charge on any atom is 0.165 e. The summed E-state index contributed by atoms with van der Waals surface area (Å²) in [5.41, 5.74) is 0.772. The summed E-state index contributed by atoms with van der Waals surface area (Å²) >= 11 is 6.03. The van der Waals surface area contributed by atoms with E-state index in [9.17, 15) is 5.11 Å². The first-order valence-electron chi connectivity index (χ1n) is 4.67. The molecule has 15 heavy (non-hydrogen) atoms. The quantitative estimate of drug-likeness (QED) is 0.863. The molecule has 84 valence electrons. The molecule has 0 aromatic heterocycles. The lowest BCUT2D eigenvalue weighted by molar-refractivity contribution is 0.194. The lowest BCUT2D eigenvalue weighted by Gasteiger charge is -2.15. The summed E-state index contributed by atoms with van der Waals surface area (Å²) in [4.78, 5) is 0. The van der Waals surface area contributed by atoms with Gasteiger partial charge in [0.15, 0.2) is 11.5 Å². The van der Waals surface area contributed by atoms with Crippen molar-refractivity contribution in [2.45, 2.75) is 19.4 Å². The average Bonchev–Trinajstić information content (AvgIpc) is 2.20. The Morgan fingerprint density at radius 2 is 2.00 bits per heavy atom. The number of rotatable bonds is 4. The van der Waals surface area contributed by atoms with E-state index in [1.165, 1.54) is 0 Å². The Labute approximate surface area is 94.6 Å². The first kappa shape index (κ1) is 12.1. The zero-order valence-electron chi connectivity index (χ0n) is 9.08. The van der Waals surface area contributed by atoms with E-state index in [0.717, 1.165) is 5.56 Å². The number of benzene rings is 1. The fourth-order valence-electron chi connectivity index (χ4n) is 1.45. The van der Waals surface area contributed by atoms with Crippen LogP contribution in [0.4, 0.5) is 0 Å². The van der Waals surface area contributed by atoms with Crippen LogP contribution < -0.4 is 9.47 Å². The summed E-state index contributed by atoms with van der Waals surface area (Å²) in [6, 6.07) is 3.48. The zero-order chi connectivity index (χ0) is 11.4. The molecule has 1 aromatic carbocycles. The molecule has 0 saturated heterocycles. The summed E-state index contributed by atoms with van der Waals surface area (Å²) in [5, 5.41) is 9.94. The number of aliphatic hydroxyl groups is 1. The van der Waals surface area contributed by atoms with Crippen molar-refractivity contribution < 1.29 is 14.6 Å². The number of methoxy groups -OCH3 is 2. The van der Waals surface area contributed by atoms with E-state index in [1.807, 2.05) is 0 Å². The van der Waals surface area contributed by atoms with Crippen molar-refractivity contribution in [3.05, 3.63) is 22.7 Å². The minimum absolute atomic E-state index is 0.444. The second-order valence-electron chi connectivity index (χ2n) is 3.31. The Kier molecular flexibility index (Phi) is 4.24. The van der Waals surface area contributed by atoms with Gasteiger partial charge in [-0.3, -0.25) is 0 Å². The van der Waals surface area contributed by atoms with Gasteiger partial charge in [-0.1, -0.05) is 11.6 Å².